The van der Waals surface area contributed by atoms with Crippen LogP contribution in [0.15, 0.2) is 12.3 Å². The quantitative estimate of drug-likeness (QED) is 0.770. The molecule has 1 aromatic rings. The van der Waals surface area contributed by atoms with Crippen LogP contribution in [0, 0.1) is 11.8 Å². The highest BCUT2D eigenvalue weighted by atomic mass is 15.3. The lowest BCUT2D eigenvalue weighted by Gasteiger charge is -2.16. The van der Waals surface area contributed by atoms with E-state index < -0.39 is 0 Å². The molecule has 0 bridgehead atoms. The van der Waals surface area contributed by atoms with Gasteiger partial charge in [0.2, 0.25) is 0 Å². The molecule has 1 atom stereocenters. The Morgan fingerprint density at radius 1 is 1.38 bits per heavy atom. The number of nitrogens with zero attached hydrogens (tertiary/aromatic N) is 2. The van der Waals surface area contributed by atoms with Crippen molar-refractivity contribution in [3.05, 3.63) is 18.0 Å². The van der Waals surface area contributed by atoms with Gasteiger partial charge in [-0.25, -0.2) is 0 Å². The number of hydrogen-bond acceptors (Lipinski definition) is 2. The second-order valence-corrected chi connectivity index (χ2v) is 4.90. The van der Waals surface area contributed by atoms with E-state index in [4.69, 9.17) is 0 Å². The number of hydrogen-bond donors (Lipinski definition) is 1. The summed E-state index contributed by atoms with van der Waals surface area (Å²) in [7, 11) is 0. The zero-order chi connectivity index (χ0) is 12.0. The van der Waals surface area contributed by atoms with E-state index in [0.29, 0.717) is 0 Å². The second-order valence-electron chi connectivity index (χ2n) is 4.90. The Morgan fingerprint density at radius 3 is 2.75 bits per heavy atom. The smallest absolute Gasteiger partial charge is 0.0522 e. The zero-order valence-electron chi connectivity index (χ0n) is 11.0. The molecule has 1 heterocycles. The fourth-order valence-electron chi connectivity index (χ4n) is 1.59. The predicted octanol–water partition coefficient (Wildman–Crippen LogP) is 2.67. The molecule has 0 saturated carbocycles. The summed E-state index contributed by atoms with van der Waals surface area (Å²) in [5.41, 5.74) is 1.29. The molecule has 1 rings (SSSR count). The van der Waals surface area contributed by atoms with Gasteiger partial charge < -0.3 is 5.32 Å². The highest BCUT2D eigenvalue weighted by Gasteiger charge is 2.07. The Hall–Kier alpha value is -0.830. The third-order valence-electron chi connectivity index (χ3n) is 3.15. The van der Waals surface area contributed by atoms with Gasteiger partial charge in [0.1, 0.15) is 0 Å². The average molecular weight is 223 g/mol. The van der Waals surface area contributed by atoms with Crippen LogP contribution in [0.4, 0.5) is 0 Å². The minimum absolute atomic E-state index is 0.725. The number of nitrogens with one attached hydrogen (secondary N) is 1. The van der Waals surface area contributed by atoms with E-state index in [1.54, 1.807) is 0 Å². The zero-order valence-corrected chi connectivity index (χ0v) is 11.0. The first-order chi connectivity index (χ1) is 7.65. The van der Waals surface area contributed by atoms with E-state index in [1.807, 2.05) is 6.20 Å². The monoisotopic (exact) mass is 223 g/mol. The van der Waals surface area contributed by atoms with Crippen molar-refractivity contribution in [2.45, 2.75) is 47.2 Å². The second kappa shape index (κ2) is 6.69. The first-order valence-corrected chi connectivity index (χ1v) is 6.36. The number of rotatable bonds is 7. The Balaban J connectivity index is 2.34. The maximum Gasteiger partial charge on any atom is 0.0522 e. The predicted molar refractivity (Wildman–Crippen MR) is 68.2 cm³/mol. The summed E-state index contributed by atoms with van der Waals surface area (Å²) >= 11 is 0. The van der Waals surface area contributed by atoms with Crippen molar-refractivity contribution in [2.24, 2.45) is 11.8 Å². The summed E-state index contributed by atoms with van der Waals surface area (Å²) in [6, 6.07) is 2.10. The van der Waals surface area contributed by atoms with Crippen molar-refractivity contribution in [3.63, 3.8) is 0 Å². The van der Waals surface area contributed by atoms with Crippen LogP contribution in [0.3, 0.4) is 0 Å². The maximum atomic E-state index is 4.32. The van der Waals surface area contributed by atoms with Gasteiger partial charge in [0.25, 0.3) is 0 Å². The lowest BCUT2D eigenvalue weighted by Crippen LogP contribution is -2.25. The highest BCUT2D eigenvalue weighted by Crippen LogP contribution is 2.08. The molecule has 1 N–H and O–H groups in total. The van der Waals surface area contributed by atoms with Crippen molar-refractivity contribution >= 4 is 0 Å². The summed E-state index contributed by atoms with van der Waals surface area (Å²) in [5, 5.41) is 7.82. The fourth-order valence-corrected chi connectivity index (χ4v) is 1.59. The minimum Gasteiger partial charge on any atom is -0.311 e. The molecule has 3 heteroatoms. The Labute approximate surface area is 99.2 Å². The molecule has 16 heavy (non-hydrogen) atoms. The van der Waals surface area contributed by atoms with Crippen LogP contribution in [-0.4, -0.2) is 16.3 Å². The van der Waals surface area contributed by atoms with Crippen LogP contribution >= 0.6 is 0 Å². The molecular formula is C13H25N3. The van der Waals surface area contributed by atoms with Crippen LogP contribution in [0.1, 0.15) is 39.8 Å². The largest absolute Gasteiger partial charge is 0.311 e. The Kier molecular flexibility index (Phi) is 5.53. The van der Waals surface area contributed by atoms with Crippen molar-refractivity contribution in [2.75, 3.05) is 6.54 Å². The van der Waals surface area contributed by atoms with Gasteiger partial charge in [0, 0.05) is 19.3 Å². The molecule has 0 aromatic carbocycles. The summed E-state index contributed by atoms with van der Waals surface area (Å²) in [4.78, 5) is 0. The molecule has 0 amide bonds. The van der Waals surface area contributed by atoms with Gasteiger partial charge in [-0.15, -0.1) is 0 Å². The van der Waals surface area contributed by atoms with Gasteiger partial charge in [-0.1, -0.05) is 27.7 Å². The van der Waals surface area contributed by atoms with Gasteiger partial charge in [-0.3, -0.25) is 4.68 Å². The molecule has 0 fully saturated rings. The number of aryl methyl sites for hydroxylation is 1. The molecule has 1 unspecified atom stereocenters. The molecule has 0 aliphatic rings. The van der Waals surface area contributed by atoms with Gasteiger partial charge in [0.15, 0.2) is 0 Å². The fraction of sp³-hybridized carbons (Fsp3) is 0.769. The van der Waals surface area contributed by atoms with E-state index in [-0.39, 0.29) is 0 Å². The molecular weight excluding hydrogens is 198 g/mol. The Morgan fingerprint density at radius 2 is 2.12 bits per heavy atom. The van der Waals surface area contributed by atoms with Gasteiger partial charge in [0.05, 0.1) is 5.69 Å². The molecule has 0 aliphatic heterocycles. The number of aromatic nitrogens is 2. The van der Waals surface area contributed by atoms with E-state index >= 15 is 0 Å². The third-order valence-corrected chi connectivity index (χ3v) is 3.15. The molecule has 0 aliphatic carbocycles. The van der Waals surface area contributed by atoms with Crippen LogP contribution in [0.5, 0.6) is 0 Å². The Bertz CT molecular complexity index is 291. The maximum absolute atomic E-state index is 4.32. The van der Waals surface area contributed by atoms with Gasteiger partial charge in [-0.05, 0) is 30.9 Å². The van der Waals surface area contributed by atoms with E-state index in [2.05, 4.69) is 48.9 Å². The van der Waals surface area contributed by atoms with Crippen LogP contribution in [0.25, 0.3) is 0 Å². The van der Waals surface area contributed by atoms with E-state index in [0.717, 1.165) is 37.9 Å². The van der Waals surface area contributed by atoms with E-state index in [1.165, 1.54) is 5.69 Å². The summed E-state index contributed by atoms with van der Waals surface area (Å²) in [6.07, 6.45) is 3.02. The topological polar surface area (TPSA) is 29.9 Å². The van der Waals surface area contributed by atoms with Crippen molar-refractivity contribution in [1.29, 1.82) is 0 Å². The average Bonchev–Trinajstić information content (AvgIpc) is 2.66. The van der Waals surface area contributed by atoms with Crippen LogP contribution in [-0.2, 0) is 13.1 Å². The summed E-state index contributed by atoms with van der Waals surface area (Å²) < 4.78 is 2.09. The molecule has 0 spiro atoms. The normalized spacial score (nSPS) is 13.3. The van der Waals surface area contributed by atoms with E-state index in [9.17, 15) is 0 Å². The lowest BCUT2D eigenvalue weighted by atomic mass is 9.98. The SMILES string of the molecule is CCCn1nccc1CNCC(C)C(C)C. The molecule has 0 saturated heterocycles. The van der Waals surface area contributed by atoms with Crippen LogP contribution < -0.4 is 5.32 Å². The van der Waals surface area contributed by atoms with Crippen LogP contribution in [0.2, 0.25) is 0 Å². The lowest BCUT2D eigenvalue weighted by molar-refractivity contribution is 0.389. The van der Waals surface area contributed by atoms with Gasteiger partial charge in [-0.2, -0.15) is 5.10 Å². The highest BCUT2D eigenvalue weighted by molar-refractivity contribution is 4.99. The van der Waals surface area contributed by atoms with Crippen molar-refractivity contribution in [3.8, 4) is 0 Å². The first kappa shape index (κ1) is 13.2. The summed E-state index contributed by atoms with van der Waals surface area (Å²) in [6.45, 7) is 12.0. The molecule has 92 valence electrons. The third kappa shape index (κ3) is 3.97. The summed E-state index contributed by atoms with van der Waals surface area (Å²) in [5.74, 6) is 1.47. The standard InChI is InChI=1S/C13H25N3/c1-5-8-16-13(6-7-15-16)10-14-9-12(4)11(2)3/h6-7,11-12,14H,5,8-10H2,1-4H3. The van der Waals surface area contributed by atoms with Gasteiger partial charge >= 0.3 is 0 Å². The molecule has 0 radical (unpaired) electrons. The minimum atomic E-state index is 0.725. The van der Waals surface area contributed by atoms with Crippen molar-refractivity contribution < 1.29 is 0 Å². The molecule has 1 aromatic heterocycles. The molecule has 3 nitrogen and oxygen atoms in total. The first-order valence-electron chi connectivity index (χ1n) is 6.36. The van der Waals surface area contributed by atoms with Crippen molar-refractivity contribution in [1.82, 2.24) is 15.1 Å².